The second-order valence-electron chi connectivity index (χ2n) is 18.8. The van der Waals surface area contributed by atoms with Gasteiger partial charge in [-0.1, -0.05) is 59.6 Å². The highest BCUT2D eigenvalue weighted by molar-refractivity contribution is 6.52. The van der Waals surface area contributed by atoms with Gasteiger partial charge in [0.15, 0.2) is 11.6 Å². The average molecular weight is 987 g/mol. The van der Waals surface area contributed by atoms with E-state index >= 15 is 0 Å². The maximum atomic E-state index is 13.4. The van der Waals surface area contributed by atoms with Gasteiger partial charge in [0.05, 0.1) is 51.1 Å². The molecule has 358 valence electrons. The molecule has 2 N–H and O–H groups in total. The Morgan fingerprint density at radius 2 is 1.06 bits per heavy atom. The van der Waals surface area contributed by atoms with Crippen LogP contribution in [0.2, 0.25) is 10.0 Å². The highest BCUT2D eigenvalue weighted by Gasteiger charge is 2.38. The van der Waals surface area contributed by atoms with Crippen molar-refractivity contribution in [2.24, 2.45) is 7.05 Å². The number of nitrogens with zero attached hydrogens (tertiary/aromatic N) is 9. The van der Waals surface area contributed by atoms with Crippen molar-refractivity contribution in [3.05, 3.63) is 129 Å². The summed E-state index contributed by atoms with van der Waals surface area (Å²) in [5.74, 6) is -0.209. The molecule has 71 heavy (non-hydrogen) atoms. The van der Waals surface area contributed by atoms with Crippen molar-refractivity contribution in [2.45, 2.75) is 20.3 Å². The van der Waals surface area contributed by atoms with E-state index in [0.717, 1.165) is 90.9 Å². The van der Waals surface area contributed by atoms with Crippen LogP contribution in [0.5, 0.6) is 0 Å². The molecule has 0 spiro atoms. The number of hydrogen-bond acceptors (Lipinski definition) is 12. The molecule has 2 fully saturated rings. The number of para-hydroxylation sites is 2. The third-order valence-electron chi connectivity index (χ3n) is 14.1. The molecule has 2 saturated heterocycles. The van der Waals surface area contributed by atoms with Gasteiger partial charge in [0, 0.05) is 126 Å². The number of hydrogen-bond donors (Lipinski definition) is 2. The molecular weight excluding hydrogens is 938 g/mol. The van der Waals surface area contributed by atoms with Crippen molar-refractivity contribution in [3.8, 4) is 0 Å². The van der Waals surface area contributed by atoms with E-state index in [1.54, 1.807) is 30.5 Å². The molecule has 0 saturated carbocycles. The van der Waals surface area contributed by atoms with Gasteiger partial charge in [0.2, 0.25) is 11.9 Å². The number of amides is 2. The second kappa shape index (κ2) is 18.1. The molecule has 8 aromatic rings. The number of halogens is 2. The van der Waals surface area contributed by atoms with Crippen molar-refractivity contribution < 1.29 is 19.2 Å². The van der Waals surface area contributed by atoms with Gasteiger partial charge in [-0.2, -0.15) is 0 Å². The number of carbonyl (C=O) groups is 4. The van der Waals surface area contributed by atoms with Crippen LogP contribution in [0.15, 0.2) is 85.2 Å². The number of likely N-dealkylation sites (N-methyl/N-ethyl adjacent to an activating group) is 2. The fourth-order valence-corrected chi connectivity index (χ4v) is 10.7. The Labute approximate surface area is 418 Å². The van der Waals surface area contributed by atoms with E-state index in [4.69, 9.17) is 43.1 Å². The molecular formula is C54H49Cl2N11O4. The Kier molecular flexibility index (Phi) is 11.8. The molecule has 2 amide bonds. The van der Waals surface area contributed by atoms with Gasteiger partial charge in [0.1, 0.15) is 0 Å². The van der Waals surface area contributed by atoms with Crippen molar-refractivity contribution in [2.75, 3.05) is 76.3 Å². The highest BCUT2D eigenvalue weighted by Crippen LogP contribution is 2.42. The summed E-state index contributed by atoms with van der Waals surface area (Å²) >= 11 is 12.7. The highest BCUT2D eigenvalue weighted by atomic mass is 35.5. The third-order valence-corrected chi connectivity index (χ3v) is 14.5. The largest absolute Gasteiger partial charge is 0.360 e. The predicted molar refractivity (Wildman–Crippen MR) is 281 cm³/mol. The number of Topliss-reactive ketones (excluding diaryl/α,β-unsaturated/α-hetero) is 2. The second-order valence-corrected chi connectivity index (χ2v) is 19.7. The molecule has 4 aromatic carbocycles. The molecule has 0 atom stereocenters. The molecule has 4 aromatic heterocycles. The first-order chi connectivity index (χ1) is 34.2. The van der Waals surface area contributed by atoms with E-state index < -0.39 is 11.8 Å². The van der Waals surface area contributed by atoms with Crippen molar-refractivity contribution >= 4 is 124 Å². The number of carbonyl (C=O) groups excluding carboxylic acids is 4. The number of imide groups is 1. The monoisotopic (exact) mass is 985 g/mol. The Morgan fingerprint density at radius 3 is 1.65 bits per heavy atom. The van der Waals surface area contributed by atoms with Crippen LogP contribution >= 0.6 is 23.2 Å². The Morgan fingerprint density at radius 1 is 0.535 bits per heavy atom. The number of piperazine rings is 2. The smallest absolute Gasteiger partial charge is 0.261 e. The average Bonchev–Trinajstić information content (AvgIpc) is 4.09. The van der Waals surface area contributed by atoms with Gasteiger partial charge in [-0.3, -0.25) is 24.5 Å². The minimum atomic E-state index is -0.476. The standard InChI is InChI=1S/C28H26ClN5O2.C26H23ClN6O2/c1-16-5-4-6-18-20(15-33(3)27(16)18)24-22(35)14-23(36)25(24)26-19-13-17(29)7-8-21(19)30-28(31-26)34-11-9-32(2)10-12-34;1-14-4-3-5-16-18(13-28-22(14)16)20-21(25(35)31-24(20)34)23-17-12-15(27)6-7-19(17)29-26(30-23)33-10-8-32(2)9-11-33/h4-8,13,15H,9-12,14H2,1-3H3;3-7,12-13,28H,8-11H2,1-2H3,(H,31,34,35). The van der Waals surface area contributed by atoms with Crippen LogP contribution in [0, 0.1) is 13.8 Å². The lowest BCUT2D eigenvalue weighted by Gasteiger charge is -2.32. The van der Waals surface area contributed by atoms with E-state index in [1.165, 1.54) is 0 Å². The van der Waals surface area contributed by atoms with Gasteiger partial charge in [0.25, 0.3) is 11.8 Å². The number of ketones is 2. The van der Waals surface area contributed by atoms with E-state index in [0.29, 0.717) is 77.4 Å². The number of nitrogens with one attached hydrogen (secondary N) is 2. The quantitative estimate of drug-likeness (QED) is 0.124. The Hall–Kier alpha value is -7.30. The summed E-state index contributed by atoms with van der Waals surface area (Å²) in [4.78, 5) is 84.6. The van der Waals surface area contributed by atoms with Crippen LogP contribution in [-0.4, -0.2) is 129 Å². The summed E-state index contributed by atoms with van der Waals surface area (Å²) in [6.45, 7) is 10.7. The number of H-pyrrole nitrogens is 1. The molecule has 0 unspecified atom stereocenters. The molecule has 1 aliphatic carbocycles. The molecule has 0 radical (unpaired) electrons. The van der Waals surface area contributed by atoms with Gasteiger partial charge in [-0.15, -0.1) is 0 Å². The summed E-state index contributed by atoms with van der Waals surface area (Å²) in [7, 11) is 6.14. The predicted octanol–water partition coefficient (Wildman–Crippen LogP) is 7.68. The minimum Gasteiger partial charge on any atom is -0.360 e. The summed E-state index contributed by atoms with van der Waals surface area (Å²) in [5, 5.41) is 6.64. The minimum absolute atomic E-state index is 0.164. The number of fused-ring (bicyclic) bond motifs is 4. The molecule has 15 nitrogen and oxygen atoms in total. The van der Waals surface area contributed by atoms with Gasteiger partial charge in [-0.05, 0) is 75.5 Å². The van der Waals surface area contributed by atoms with Crippen molar-refractivity contribution in [1.29, 1.82) is 0 Å². The first-order valence-corrected chi connectivity index (χ1v) is 24.3. The van der Waals surface area contributed by atoms with E-state index in [9.17, 15) is 19.2 Å². The zero-order chi connectivity index (χ0) is 49.4. The summed E-state index contributed by atoms with van der Waals surface area (Å²) < 4.78 is 2.02. The number of aromatic nitrogens is 6. The lowest BCUT2D eigenvalue weighted by atomic mass is 9.96. The van der Waals surface area contributed by atoms with Crippen molar-refractivity contribution in [1.82, 2.24) is 44.6 Å². The van der Waals surface area contributed by atoms with Crippen LogP contribution in [0.3, 0.4) is 0 Å². The fraction of sp³-hybridized carbons (Fsp3) is 0.259. The van der Waals surface area contributed by atoms with Gasteiger partial charge >= 0.3 is 0 Å². The van der Waals surface area contributed by atoms with Crippen molar-refractivity contribution in [3.63, 3.8) is 0 Å². The first-order valence-electron chi connectivity index (χ1n) is 23.6. The number of aryl methyl sites for hydroxylation is 3. The third kappa shape index (κ3) is 8.21. The molecule has 12 rings (SSSR count). The first kappa shape index (κ1) is 46.1. The van der Waals surface area contributed by atoms with E-state index in [-0.39, 0.29) is 23.6 Å². The number of rotatable bonds is 6. The van der Waals surface area contributed by atoms with E-state index in [1.807, 2.05) is 80.2 Å². The summed E-state index contributed by atoms with van der Waals surface area (Å²) in [5.41, 5.74) is 9.14. The molecule has 17 heteroatoms. The van der Waals surface area contributed by atoms with E-state index in [2.05, 4.69) is 44.0 Å². The van der Waals surface area contributed by atoms with Gasteiger partial charge < -0.3 is 29.2 Å². The van der Waals surface area contributed by atoms with Crippen LogP contribution in [-0.2, 0) is 26.2 Å². The van der Waals surface area contributed by atoms with Crippen LogP contribution < -0.4 is 15.1 Å². The normalized spacial score (nSPS) is 17.2. The zero-order valence-corrected chi connectivity index (χ0v) is 41.4. The number of benzene rings is 4. The zero-order valence-electron chi connectivity index (χ0n) is 39.9. The maximum Gasteiger partial charge on any atom is 0.261 e. The molecule has 3 aliphatic heterocycles. The number of aromatic amines is 1. The topological polar surface area (TPSA) is 166 Å². The Bertz CT molecular complexity index is 3650. The molecule has 0 bridgehead atoms. The fourth-order valence-electron chi connectivity index (χ4n) is 10.3. The van der Waals surface area contributed by atoms with Crippen LogP contribution in [0.4, 0.5) is 11.9 Å². The van der Waals surface area contributed by atoms with Crippen LogP contribution in [0.25, 0.3) is 65.9 Å². The molecule has 7 heterocycles. The maximum absolute atomic E-state index is 13.4. The lowest BCUT2D eigenvalue weighted by Crippen LogP contribution is -2.45. The number of allylic oxidation sites excluding steroid dienone is 2. The molecule has 4 aliphatic rings. The lowest BCUT2D eigenvalue weighted by molar-refractivity contribution is -0.123. The summed E-state index contributed by atoms with van der Waals surface area (Å²) in [6.07, 6.45) is 3.56. The Balaban J connectivity index is 0.000000154. The van der Waals surface area contributed by atoms with Crippen LogP contribution in [0.1, 0.15) is 40.1 Å². The summed E-state index contributed by atoms with van der Waals surface area (Å²) in [6, 6.07) is 22.7. The number of anilines is 2. The SMILES string of the molecule is Cc1cccc2c(C3=C(c4nc(N5CCN(C)CC5)nc5ccc(Cl)cc45)C(=O)CC3=O)cn(C)c12.Cc1cccc2c(C3=C(c4nc(N5CCN(C)CC5)nc5ccc(Cl)cc45)C(=O)NC3=O)c[nH]c12. The van der Waals surface area contributed by atoms with Gasteiger partial charge in [-0.25, -0.2) is 19.9 Å².